The third-order valence-electron chi connectivity index (χ3n) is 1.70. The van der Waals surface area contributed by atoms with E-state index < -0.39 is 0 Å². The predicted octanol–water partition coefficient (Wildman–Crippen LogP) is 2.93. The van der Waals surface area contributed by atoms with Gasteiger partial charge in [-0.05, 0) is 44.2 Å². The van der Waals surface area contributed by atoms with E-state index in [-0.39, 0.29) is 0 Å². The van der Waals surface area contributed by atoms with E-state index in [0.717, 1.165) is 18.0 Å². The minimum atomic E-state index is 0.341. The van der Waals surface area contributed by atoms with E-state index in [1.54, 1.807) is 0 Å². The van der Waals surface area contributed by atoms with Crippen LogP contribution >= 0.6 is 11.8 Å². The van der Waals surface area contributed by atoms with Crippen molar-refractivity contribution in [2.24, 2.45) is 4.99 Å². The fourth-order valence-electron chi connectivity index (χ4n) is 0.732. The monoisotopic (exact) mass is 213 g/mol. The highest BCUT2D eigenvalue weighted by Crippen LogP contribution is 2.01. The number of hydrogen-bond donors (Lipinski definition) is 0. The van der Waals surface area contributed by atoms with Crippen LogP contribution in [0.2, 0.25) is 0 Å². The fraction of sp³-hybridized carbons (Fsp3) is 0.727. The van der Waals surface area contributed by atoms with Gasteiger partial charge in [0.2, 0.25) is 0 Å². The first kappa shape index (κ1) is 13.5. The molecule has 0 bridgehead atoms. The number of hydrogen-bond acceptors (Lipinski definition) is 3. The summed E-state index contributed by atoms with van der Waals surface area (Å²) in [6, 6.07) is 0. The van der Waals surface area contributed by atoms with Crippen LogP contribution in [-0.2, 0) is 4.74 Å². The zero-order chi connectivity index (χ0) is 10.8. The molecule has 0 rings (SSSR count). The molecule has 0 aliphatic heterocycles. The Kier molecular flexibility index (Phi) is 8.81. The van der Waals surface area contributed by atoms with Gasteiger partial charge in [-0.2, -0.15) is 0 Å². The summed E-state index contributed by atoms with van der Waals surface area (Å²) in [5.41, 5.74) is 0. The first-order valence-electron chi connectivity index (χ1n) is 4.92. The van der Waals surface area contributed by atoms with E-state index in [0.29, 0.717) is 12.7 Å². The Labute approximate surface area is 91.5 Å². The maximum atomic E-state index is 5.49. The smallest absolute Gasteiger partial charge is 0.0772 e. The molecule has 0 spiro atoms. The molecule has 0 saturated carbocycles. The zero-order valence-corrected chi connectivity index (χ0v) is 10.3. The van der Waals surface area contributed by atoms with Crippen molar-refractivity contribution in [3.63, 3.8) is 0 Å². The summed E-state index contributed by atoms with van der Waals surface area (Å²) < 4.78 is 5.49. The van der Waals surface area contributed by atoms with Crippen molar-refractivity contribution in [3.05, 3.63) is 0 Å². The molecule has 0 amide bonds. The molecule has 0 radical (unpaired) electrons. The second-order valence-corrected chi connectivity index (χ2v) is 3.94. The molecule has 0 aliphatic rings. The molecule has 14 heavy (non-hydrogen) atoms. The van der Waals surface area contributed by atoms with Crippen molar-refractivity contribution < 1.29 is 4.74 Å². The lowest BCUT2D eigenvalue weighted by molar-refractivity contribution is 0.0697. The van der Waals surface area contributed by atoms with Crippen molar-refractivity contribution >= 4 is 16.8 Å². The van der Waals surface area contributed by atoms with Crippen molar-refractivity contribution in [1.82, 2.24) is 0 Å². The molecule has 80 valence electrons. The lowest BCUT2D eigenvalue weighted by atomic mass is 10.3. The molecule has 0 aromatic carbocycles. The summed E-state index contributed by atoms with van der Waals surface area (Å²) in [7, 11) is 0. The highest BCUT2D eigenvalue weighted by Gasteiger charge is 1.96. The van der Waals surface area contributed by atoms with Crippen LogP contribution in [0.4, 0.5) is 0 Å². The van der Waals surface area contributed by atoms with E-state index in [1.165, 1.54) is 11.8 Å². The number of rotatable bonds is 5. The predicted molar refractivity (Wildman–Crippen MR) is 64.7 cm³/mol. The lowest BCUT2D eigenvalue weighted by Gasteiger charge is -2.08. The van der Waals surface area contributed by atoms with Crippen LogP contribution in [0.25, 0.3) is 0 Å². The SMILES string of the molecule is CC#CSC(C)=NCCOC(C)CC. The van der Waals surface area contributed by atoms with Crippen molar-refractivity contribution in [1.29, 1.82) is 0 Å². The molecule has 0 saturated heterocycles. The fourth-order valence-corrected chi connectivity index (χ4v) is 1.14. The Hall–Kier alpha value is -0.460. The third kappa shape index (κ3) is 8.15. The van der Waals surface area contributed by atoms with Gasteiger partial charge in [0.25, 0.3) is 0 Å². The van der Waals surface area contributed by atoms with Gasteiger partial charge in [-0.25, -0.2) is 0 Å². The number of ether oxygens (including phenoxy) is 1. The van der Waals surface area contributed by atoms with Crippen LogP contribution in [0.5, 0.6) is 0 Å². The third-order valence-corrected chi connectivity index (χ3v) is 2.43. The number of nitrogens with zero attached hydrogens (tertiary/aromatic N) is 1. The topological polar surface area (TPSA) is 21.6 Å². The Morgan fingerprint density at radius 3 is 2.86 bits per heavy atom. The van der Waals surface area contributed by atoms with E-state index in [2.05, 4.69) is 30.0 Å². The summed E-state index contributed by atoms with van der Waals surface area (Å²) in [6.45, 7) is 9.42. The summed E-state index contributed by atoms with van der Waals surface area (Å²) in [4.78, 5) is 4.32. The Morgan fingerprint density at radius 1 is 1.57 bits per heavy atom. The molecule has 0 aliphatic carbocycles. The number of thioether (sulfide) groups is 1. The molecule has 0 aromatic rings. The zero-order valence-electron chi connectivity index (χ0n) is 9.46. The summed E-state index contributed by atoms with van der Waals surface area (Å²) in [6.07, 6.45) is 1.40. The molecule has 0 N–H and O–H groups in total. The van der Waals surface area contributed by atoms with Crippen LogP contribution in [0, 0.1) is 11.2 Å². The molecule has 3 heteroatoms. The van der Waals surface area contributed by atoms with Crippen molar-refractivity contribution in [3.8, 4) is 11.2 Å². The molecule has 2 nitrogen and oxygen atoms in total. The van der Waals surface area contributed by atoms with Gasteiger partial charge in [-0.3, -0.25) is 4.99 Å². The maximum absolute atomic E-state index is 5.49. The maximum Gasteiger partial charge on any atom is 0.0772 e. The normalized spacial score (nSPS) is 13.3. The van der Waals surface area contributed by atoms with Gasteiger partial charge in [-0.15, -0.1) is 0 Å². The van der Waals surface area contributed by atoms with Crippen LogP contribution in [0.1, 0.15) is 34.1 Å². The molecule has 0 aromatic heterocycles. The second-order valence-electron chi connectivity index (χ2n) is 2.94. The van der Waals surface area contributed by atoms with Crippen molar-refractivity contribution in [2.45, 2.75) is 40.2 Å². The summed E-state index contributed by atoms with van der Waals surface area (Å²) in [5, 5.41) is 3.91. The number of aliphatic imine (C=N–C) groups is 1. The highest BCUT2D eigenvalue weighted by atomic mass is 32.2. The van der Waals surface area contributed by atoms with E-state index >= 15 is 0 Å². The van der Waals surface area contributed by atoms with Crippen LogP contribution in [-0.4, -0.2) is 24.3 Å². The Bertz CT molecular complexity index is 227. The molecule has 1 atom stereocenters. The molecule has 0 fully saturated rings. The van der Waals surface area contributed by atoms with Gasteiger partial charge in [0.05, 0.1) is 24.3 Å². The van der Waals surface area contributed by atoms with Gasteiger partial charge in [0.1, 0.15) is 0 Å². The van der Waals surface area contributed by atoms with Crippen LogP contribution in [0.3, 0.4) is 0 Å². The second kappa shape index (κ2) is 9.11. The van der Waals surface area contributed by atoms with Gasteiger partial charge < -0.3 is 4.74 Å². The van der Waals surface area contributed by atoms with E-state index in [9.17, 15) is 0 Å². The van der Waals surface area contributed by atoms with Crippen molar-refractivity contribution in [2.75, 3.05) is 13.2 Å². The average molecular weight is 213 g/mol. The van der Waals surface area contributed by atoms with Crippen LogP contribution < -0.4 is 0 Å². The quantitative estimate of drug-likeness (QED) is 0.303. The van der Waals surface area contributed by atoms with Gasteiger partial charge in [0.15, 0.2) is 0 Å². The summed E-state index contributed by atoms with van der Waals surface area (Å²) in [5.74, 6) is 2.82. The Morgan fingerprint density at radius 2 is 2.29 bits per heavy atom. The van der Waals surface area contributed by atoms with Gasteiger partial charge >= 0.3 is 0 Å². The standard InChI is InChI=1S/C11H19NOS/c1-5-9-14-11(4)12-7-8-13-10(3)6-2/h10H,6-8H2,1-4H3. The molecular formula is C11H19NOS. The summed E-state index contributed by atoms with van der Waals surface area (Å²) >= 11 is 1.47. The van der Waals surface area contributed by atoms with Gasteiger partial charge in [-0.1, -0.05) is 12.8 Å². The average Bonchev–Trinajstić information content (AvgIpc) is 2.21. The molecule has 0 heterocycles. The largest absolute Gasteiger partial charge is 0.377 e. The van der Waals surface area contributed by atoms with Crippen LogP contribution in [0.15, 0.2) is 4.99 Å². The minimum absolute atomic E-state index is 0.341. The van der Waals surface area contributed by atoms with E-state index in [4.69, 9.17) is 4.74 Å². The molecule has 1 unspecified atom stereocenters. The Balaban J connectivity index is 3.53. The minimum Gasteiger partial charge on any atom is -0.377 e. The van der Waals surface area contributed by atoms with E-state index in [1.807, 2.05) is 13.8 Å². The molecular weight excluding hydrogens is 194 g/mol. The lowest BCUT2D eigenvalue weighted by Crippen LogP contribution is -2.09. The first-order valence-corrected chi connectivity index (χ1v) is 5.73. The first-order chi connectivity index (χ1) is 6.70. The highest BCUT2D eigenvalue weighted by molar-refractivity contribution is 8.17. The van der Waals surface area contributed by atoms with Gasteiger partial charge in [0, 0.05) is 0 Å².